The second kappa shape index (κ2) is 6.31. The van der Waals surface area contributed by atoms with Crippen molar-refractivity contribution < 1.29 is 5.11 Å². The topological polar surface area (TPSA) is 48.0 Å². The molecule has 3 rings (SSSR count). The summed E-state index contributed by atoms with van der Waals surface area (Å²) in [4.78, 5) is 3.22. The number of H-pyrrole nitrogens is 1. The standard InChI is InChI=1S/C17H17ClN2O/c18-14-6-7-15-13(9-19-16(15)8-14)10-20-17(11-21)12-4-2-1-3-5-12/h1-9,17,19-21H,10-11H2. The van der Waals surface area contributed by atoms with Crippen LogP contribution in [0.1, 0.15) is 17.2 Å². The molecule has 0 saturated heterocycles. The Bertz CT molecular complexity index is 724. The summed E-state index contributed by atoms with van der Waals surface area (Å²) in [5.41, 5.74) is 3.28. The van der Waals surface area contributed by atoms with Gasteiger partial charge in [0.05, 0.1) is 12.6 Å². The number of aromatic amines is 1. The maximum atomic E-state index is 9.57. The van der Waals surface area contributed by atoms with Gasteiger partial charge < -0.3 is 15.4 Å². The molecule has 0 aliphatic carbocycles. The quantitative estimate of drug-likeness (QED) is 0.673. The first-order valence-corrected chi connectivity index (χ1v) is 7.30. The molecule has 4 heteroatoms. The van der Waals surface area contributed by atoms with E-state index in [1.54, 1.807) is 0 Å². The fourth-order valence-electron chi connectivity index (χ4n) is 2.51. The highest BCUT2D eigenvalue weighted by atomic mass is 35.5. The Hall–Kier alpha value is -1.81. The van der Waals surface area contributed by atoms with Crippen LogP contribution in [0.25, 0.3) is 10.9 Å². The van der Waals surface area contributed by atoms with E-state index >= 15 is 0 Å². The van der Waals surface area contributed by atoms with E-state index in [0.29, 0.717) is 6.54 Å². The molecule has 0 spiro atoms. The van der Waals surface area contributed by atoms with Crippen LogP contribution < -0.4 is 5.32 Å². The Labute approximate surface area is 128 Å². The van der Waals surface area contributed by atoms with Crippen LogP contribution in [-0.4, -0.2) is 16.7 Å². The Morgan fingerprint density at radius 3 is 2.71 bits per heavy atom. The highest BCUT2D eigenvalue weighted by molar-refractivity contribution is 6.31. The second-order valence-corrected chi connectivity index (χ2v) is 5.47. The van der Waals surface area contributed by atoms with Gasteiger partial charge in [-0.3, -0.25) is 0 Å². The molecule has 0 aliphatic rings. The fourth-order valence-corrected chi connectivity index (χ4v) is 2.68. The molecule has 0 bridgehead atoms. The van der Waals surface area contributed by atoms with Crippen molar-refractivity contribution in [2.45, 2.75) is 12.6 Å². The molecule has 3 nitrogen and oxygen atoms in total. The van der Waals surface area contributed by atoms with E-state index in [-0.39, 0.29) is 12.6 Å². The third-order valence-electron chi connectivity index (χ3n) is 3.65. The zero-order valence-electron chi connectivity index (χ0n) is 11.5. The molecule has 1 unspecified atom stereocenters. The van der Waals surface area contributed by atoms with E-state index in [1.807, 2.05) is 54.7 Å². The van der Waals surface area contributed by atoms with E-state index in [0.717, 1.165) is 27.1 Å². The van der Waals surface area contributed by atoms with Gasteiger partial charge in [-0.25, -0.2) is 0 Å². The molecule has 0 saturated carbocycles. The number of aromatic nitrogens is 1. The normalized spacial score (nSPS) is 12.7. The van der Waals surface area contributed by atoms with Gasteiger partial charge in [0.1, 0.15) is 0 Å². The van der Waals surface area contributed by atoms with Crippen molar-refractivity contribution in [1.82, 2.24) is 10.3 Å². The van der Waals surface area contributed by atoms with E-state index in [1.165, 1.54) is 0 Å². The van der Waals surface area contributed by atoms with Crippen LogP contribution in [0.3, 0.4) is 0 Å². The van der Waals surface area contributed by atoms with Gasteiger partial charge in [-0.05, 0) is 23.3 Å². The third-order valence-corrected chi connectivity index (χ3v) is 3.89. The molecule has 2 aromatic carbocycles. The first-order chi connectivity index (χ1) is 10.3. The number of fused-ring (bicyclic) bond motifs is 1. The molecular weight excluding hydrogens is 284 g/mol. The lowest BCUT2D eigenvalue weighted by molar-refractivity contribution is 0.244. The molecule has 0 amide bonds. The predicted octanol–water partition coefficient (Wildman–Crippen LogP) is 3.64. The molecule has 1 aromatic heterocycles. The molecule has 108 valence electrons. The van der Waals surface area contributed by atoms with Gasteiger partial charge in [0.25, 0.3) is 0 Å². The number of nitrogens with one attached hydrogen (secondary N) is 2. The Morgan fingerprint density at radius 2 is 1.95 bits per heavy atom. The van der Waals surface area contributed by atoms with Crippen molar-refractivity contribution in [3.8, 4) is 0 Å². The lowest BCUT2D eigenvalue weighted by Crippen LogP contribution is -2.23. The average molecular weight is 301 g/mol. The van der Waals surface area contributed by atoms with Crippen molar-refractivity contribution in [2.75, 3.05) is 6.61 Å². The number of aliphatic hydroxyl groups is 1. The van der Waals surface area contributed by atoms with Gasteiger partial charge in [0.15, 0.2) is 0 Å². The molecule has 1 atom stereocenters. The van der Waals surface area contributed by atoms with Gasteiger partial charge in [-0.15, -0.1) is 0 Å². The summed E-state index contributed by atoms with van der Waals surface area (Å²) in [6, 6.07) is 15.7. The first kappa shape index (κ1) is 14.1. The van der Waals surface area contributed by atoms with Gasteiger partial charge in [-0.1, -0.05) is 48.0 Å². The summed E-state index contributed by atoms with van der Waals surface area (Å²) in [6.45, 7) is 0.750. The van der Waals surface area contributed by atoms with Crippen LogP contribution in [0.5, 0.6) is 0 Å². The summed E-state index contributed by atoms with van der Waals surface area (Å²) < 4.78 is 0. The number of hydrogen-bond acceptors (Lipinski definition) is 2. The Kier molecular flexibility index (Phi) is 4.25. The van der Waals surface area contributed by atoms with Crippen LogP contribution in [-0.2, 0) is 6.54 Å². The second-order valence-electron chi connectivity index (χ2n) is 5.03. The highest BCUT2D eigenvalue weighted by Crippen LogP contribution is 2.22. The van der Waals surface area contributed by atoms with Crippen LogP contribution in [0.4, 0.5) is 0 Å². The van der Waals surface area contributed by atoms with E-state index in [2.05, 4.69) is 10.3 Å². The SMILES string of the molecule is OCC(NCc1c[nH]c2cc(Cl)ccc12)c1ccccc1. The lowest BCUT2D eigenvalue weighted by atomic mass is 10.1. The van der Waals surface area contributed by atoms with Crippen LogP contribution in [0.15, 0.2) is 54.7 Å². The predicted molar refractivity (Wildman–Crippen MR) is 86.4 cm³/mol. The van der Waals surface area contributed by atoms with Gasteiger partial charge >= 0.3 is 0 Å². The molecule has 0 aliphatic heterocycles. The average Bonchev–Trinajstić information content (AvgIpc) is 2.91. The fraction of sp³-hybridized carbons (Fsp3) is 0.176. The van der Waals surface area contributed by atoms with Gasteiger partial charge in [0, 0.05) is 28.7 Å². The van der Waals surface area contributed by atoms with Crippen molar-refractivity contribution in [1.29, 1.82) is 0 Å². The Morgan fingerprint density at radius 1 is 1.14 bits per heavy atom. The maximum Gasteiger partial charge on any atom is 0.0626 e. The van der Waals surface area contributed by atoms with Crippen molar-refractivity contribution in [3.63, 3.8) is 0 Å². The van der Waals surface area contributed by atoms with Crippen molar-refractivity contribution in [2.24, 2.45) is 0 Å². The molecule has 3 N–H and O–H groups in total. The molecular formula is C17H17ClN2O. The summed E-state index contributed by atoms with van der Waals surface area (Å²) in [7, 11) is 0. The summed E-state index contributed by atoms with van der Waals surface area (Å²) in [5.74, 6) is 0. The van der Waals surface area contributed by atoms with Gasteiger partial charge in [-0.2, -0.15) is 0 Å². The van der Waals surface area contributed by atoms with Crippen LogP contribution in [0.2, 0.25) is 5.02 Å². The molecule has 0 fully saturated rings. The summed E-state index contributed by atoms with van der Waals surface area (Å²) in [6.07, 6.45) is 1.98. The minimum Gasteiger partial charge on any atom is -0.394 e. The summed E-state index contributed by atoms with van der Waals surface area (Å²) in [5, 5.41) is 14.8. The van der Waals surface area contributed by atoms with Crippen LogP contribution in [0, 0.1) is 0 Å². The zero-order valence-corrected chi connectivity index (χ0v) is 12.3. The van der Waals surface area contributed by atoms with E-state index in [4.69, 9.17) is 11.6 Å². The lowest BCUT2D eigenvalue weighted by Gasteiger charge is -2.16. The third kappa shape index (κ3) is 3.10. The molecule has 21 heavy (non-hydrogen) atoms. The zero-order chi connectivity index (χ0) is 14.7. The minimum absolute atomic E-state index is 0.0662. The number of rotatable bonds is 5. The number of benzene rings is 2. The van der Waals surface area contributed by atoms with Crippen LogP contribution >= 0.6 is 11.6 Å². The number of halogens is 1. The minimum atomic E-state index is -0.0662. The monoisotopic (exact) mass is 300 g/mol. The highest BCUT2D eigenvalue weighted by Gasteiger charge is 2.11. The number of hydrogen-bond donors (Lipinski definition) is 3. The van der Waals surface area contributed by atoms with Crippen molar-refractivity contribution >= 4 is 22.5 Å². The number of aliphatic hydroxyl groups excluding tert-OH is 1. The maximum absolute atomic E-state index is 9.57. The van der Waals surface area contributed by atoms with E-state index < -0.39 is 0 Å². The molecule has 1 heterocycles. The first-order valence-electron chi connectivity index (χ1n) is 6.92. The van der Waals surface area contributed by atoms with Gasteiger partial charge in [0.2, 0.25) is 0 Å². The molecule has 0 radical (unpaired) electrons. The van der Waals surface area contributed by atoms with E-state index in [9.17, 15) is 5.11 Å². The summed E-state index contributed by atoms with van der Waals surface area (Å²) >= 11 is 5.99. The Balaban J connectivity index is 1.76. The smallest absolute Gasteiger partial charge is 0.0626 e. The molecule has 3 aromatic rings. The largest absolute Gasteiger partial charge is 0.394 e. The van der Waals surface area contributed by atoms with Crippen molar-refractivity contribution in [3.05, 3.63) is 70.9 Å².